The zero-order valence-corrected chi connectivity index (χ0v) is 11.0. The van der Waals surface area contributed by atoms with Crippen LogP contribution < -0.4 is 10.6 Å². The normalized spacial score (nSPS) is 12.3. The van der Waals surface area contributed by atoms with Gasteiger partial charge in [0.1, 0.15) is 11.4 Å². The van der Waals surface area contributed by atoms with Crippen molar-refractivity contribution in [2.75, 3.05) is 31.8 Å². The van der Waals surface area contributed by atoms with Crippen LogP contribution in [0.2, 0.25) is 0 Å². The molecule has 1 heterocycles. The number of hydrogen-bond donors (Lipinski definition) is 1. The van der Waals surface area contributed by atoms with Gasteiger partial charge in [0, 0.05) is 14.1 Å². The van der Waals surface area contributed by atoms with E-state index in [0.717, 1.165) is 6.42 Å². The molecule has 2 N–H and O–H groups in total. The second kappa shape index (κ2) is 5.07. The van der Waals surface area contributed by atoms with Crippen LogP contribution in [0.3, 0.4) is 0 Å². The van der Waals surface area contributed by atoms with Crippen LogP contribution in [0.25, 0.3) is 0 Å². The number of carbonyl (C=O) groups is 1. The Balaban J connectivity index is 3.35. The number of rotatable bonds is 4. The van der Waals surface area contributed by atoms with Gasteiger partial charge in [0.15, 0.2) is 5.82 Å². The molecule has 0 amide bonds. The van der Waals surface area contributed by atoms with Gasteiger partial charge in [0.05, 0.1) is 13.2 Å². The molecule has 0 saturated carbocycles. The summed E-state index contributed by atoms with van der Waals surface area (Å²) < 4.78 is 6.40. The predicted octanol–water partition coefficient (Wildman–Crippen LogP) is 1.29. The fraction of sp³-hybridized carbons (Fsp3) is 0.636. The first kappa shape index (κ1) is 13.3. The van der Waals surface area contributed by atoms with E-state index < -0.39 is 5.97 Å². The van der Waals surface area contributed by atoms with E-state index in [9.17, 15) is 4.79 Å². The maximum Gasteiger partial charge on any atom is 0.345 e. The van der Waals surface area contributed by atoms with E-state index in [0.29, 0.717) is 17.2 Å². The number of hydrogen-bond acceptors (Lipinski definition) is 5. The Bertz CT molecular complexity index is 412. The average molecular weight is 240 g/mol. The van der Waals surface area contributed by atoms with Crippen molar-refractivity contribution in [1.82, 2.24) is 9.78 Å². The molecular weight excluding hydrogens is 220 g/mol. The Hall–Kier alpha value is -1.72. The molecule has 1 unspecified atom stereocenters. The van der Waals surface area contributed by atoms with Crippen LogP contribution in [0.15, 0.2) is 0 Å². The molecule has 6 heteroatoms. The quantitative estimate of drug-likeness (QED) is 0.803. The fourth-order valence-electron chi connectivity index (χ4n) is 1.55. The van der Waals surface area contributed by atoms with Gasteiger partial charge in [-0.15, -0.1) is 0 Å². The van der Waals surface area contributed by atoms with Crippen molar-refractivity contribution in [1.29, 1.82) is 0 Å². The van der Waals surface area contributed by atoms with E-state index in [-0.39, 0.29) is 6.04 Å². The zero-order chi connectivity index (χ0) is 13.2. The van der Waals surface area contributed by atoms with Crippen LogP contribution in [0.1, 0.15) is 36.7 Å². The molecule has 1 rings (SSSR count). The Morgan fingerprint density at radius 1 is 1.59 bits per heavy atom. The van der Waals surface area contributed by atoms with Crippen LogP contribution in [-0.4, -0.2) is 37.0 Å². The number of anilines is 2. The van der Waals surface area contributed by atoms with E-state index in [2.05, 4.69) is 5.10 Å². The molecule has 0 spiro atoms. The zero-order valence-electron chi connectivity index (χ0n) is 11.0. The van der Waals surface area contributed by atoms with Gasteiger partial charge in [-0.3, -0.25) is 0 Å². The van der Waals surface area contributed by atoms with Crippen molar-refractivity contribution in [2.45, 2.75) is 26.3 Å². The average Bonchev–Trinajstić information content (AvgIpc) is 2.65. The molecule has 96 valence electrons. The van der Waals surface area contributed by atoms with Gasteiger partial charge in [-0.1, -0.05) is 6.92 Å². The van der Waals surface area contributed by atoms with E-state index in [1.54, 1.807) is 9.58 Å². The van der Waals surface area contributed by atoms with Crippen molar-refractivity contribution in [2.24, 2.45) is 0 Å². The molecule has 6 nitrogen and oxygen atoms in total. The molecule has 0 aromatic carbocycles. The lowest BCUT2D eigenvalue weighted by atomic mass is 10.2. The largest absolute Gasteiger partial charge is 0.465 e. The number of aromatic nitrogens is 2. The summed E-state index contributed by atoms with van der Waals surface area (Å²) in [5, 5.41) is 4.37. The molecule has 0 fully saturated rings. The summed E-state index contributed by atoms with van der Waals surface area (Å²) in [6.45, 7) is 4.04. The third-order valence-electron chi connectivity index (χ3n) is 2.75. The number of nitrogens with two attached hydrogens (primary N) is 1. The molecule has 0 radical (unpaired) electrons. The summed E-state index contributed by atoms with van der Waals surface area (Å²) >= 11 is 0. The van der Waals surface area contributed by atoms with Crippen LogP contribution in [0, 0.1) is 0 Å². The summed E-state index contributed by atoms with van der Waals surface area (Å²) in [5.74, 6) is 0.435. The van der Waals surface area contributed by atoms with E-state index in [1.807, 2.05) is 27.9 Å². The third-order valence-corrected chi connectivity index (χ3v) is 2.75. The highest BCUT2D eigenvalue weighted by Crippen LogP contribution is 2.28. The van der Waals surface area contributed by atoms with Crippen molar-refractivity contribution in [3.05, 3.63) is 5.56 Å². The minimum absolute atomic E-state index is 0.145. The standard InChI is InChI=1S/C11H20N4O2/c1-6-7(2)15-9(12)8(11(16)17-5)10(13-15)14(3)4/h7H,6,12H2,1-5H3. The summed E-state index contributed by atoms with van der Waals surface area (Å²) in [6, 6.07) is 0.145. The first-order chi connectivity index (χ1) is 7.93. The highest BCUT2D eigenvalue weighted by Gasteiger charge is 2.25. The number of esters is 1. The van der Waals surface area contributed by atoms with Crippen LogP contribution in [0.5, 0.6) is 0 Å². The molecule has 17 heavy (non-hydrogen) atoms. The molecule has 1 atom stereocenters. The van der Waals surface area contributed by atoms with Crippen molar-refractivity contribution >= 4 is 17.6 Å². The van der Waals surface area contributed by atoms with Crippen LogP contribution in [0.4, 0.5) is 11.6 Å². The van der Waals surface area contributed by atoms with E-state index >= 15 is 0 Å². The highest BCUT2D eigenvalue weighted by atomic mass is 16.5. The Morgan fingerprint density at radius 3 is 2.59 bits per heavy atom. The van der Waals surface area contributed by atoms with Gasteiger partial charge in [0.25, 0.3) is 0 Å². The number of carbonyl (C=O) groups excluding carboxylic acids is 1. The topological polar surface area (TPSA) is 73.4 Å². The maximum atomic E-state index is 11.7. The van der Waals surface area contributed by atoms with Crippen LogP contribution in [-0.2, 0) is 4.74 Å². The number of nitrogens with zero attached hydrogens (tertiary/aromatic N) is 3. The summed E-state index contributed by atoms with van der Waals surface area (Å²) in [4.78, 5) is 13.5. The van der Waals surface area contributed by atoms with Gasteiger partial charge >= 0.3 is 5.97 Å². The second-order valence-electron chi connectivity index (χ2n) is 4.17. The lowest BCUT2D eigenvalue weighted by Gasteiger charge is -2.11. The second-order valence-corrected chi connectivity index (χ2v) is 4.17. The van der Waals surface area contributed by atoms with Crippen molar-refractivity contribution < 1.29 is 9.53 Å². The van der Waals surface area contributed by atoms with E-state index in [4.69, 9.17) is 10.5 Å². The summed E-state index contributed by atoms with van der Waals surface area (Å²) in [7, 11) is 4.96. The smallest absolute Gasteiger partial charge is 0.345 e. The lowest BCUT2D eigenvalue weighted by molar-refractivity contribution is 0.0602. The highest BCUT2D eigenvalue weighted by molar-refractivity contribution is 5.99. The van der Waals surface area contributed by atoms with Gasteiger partial charge in [-0.05, 0) is 13.3 Å². The Labute approximate surface area is 101 Å². The van der Waals surface area contributed by atoms with Gasteiger partial charge in [0.2, 0.25) is 0 Å². The SMILES string of the molecule is CCC(C)n1nc(N(C)C)c(C(=O)OC)c1N. The Kier molecular flexibility index (Phi) is 3.98. The van der Waals surface area contributed by atoms with E-state index in [1.165, 1.54) is 7.11 Å². The molecule has 1 aromatic heterocycles. The monoisotopic (exact) mass is 240 g/mol. The fourth-order valence-corrected chi connectivity index (χ4v) is 1.55. The van der Waals surface area contributed by atoms with Gasteiger partial charge in [-0.2, -0.15) is 5.10 Å². The number of methoxy groups -OCH3 is 1. The third kappa shape index (κ3) is 2.35. The number of nitrogen functional groups attached to an aromatic ring is 1. The molecule has 0 aliphatic rings. The minimum atomic E-state index is -0.458. The minimum Gasteiger partial charge on any atom is -0.465 e. The number of ether oxygens (including phenoxy) is 1. The first-order valence-corrected chi connectivity index (χ1v) is 5.57. The van der Waals surface area contributed by atoms with Crippen molar-refractivity contribution in [3.63, 3.8) is 0 Å². The molecular formula is C11H20N4O2. The summed E-state index contributed by atoms with van der Waals surface area (Å²) in [5.41, 5.74) is 6.30. The predicted molar refractivity (Wildman–Crippen MR) is 67.3 cm³/mol. The molecule has 0 aliphatic carbocycles. The lowest BCUT2D eigenvalue weighted by Crippen LogP contribution is -2.14. The van der Waals surface area contributed by atoms with Crippen LogP contribution >= 0.6 is 0 Å². The summed E-state index contributed by atoms with van der Waals surface area (Å²) in [6.07, 6.45) is 0.888. The molecule has 0 saturated heterocycles. The Morgan fingerprint density at radius 2 is 2.18 bits per heavy atom. The van der Waals surface area contributed by atoms with Crippen molar-refractivity contribution in [3.8, 4) is 0 Å². The molecule has 0 bridgehead atoms. The molecule has 1 aromatic rings. The van der Waals surface area contributed by atoms with Gasteiger partial charge < -0.3 is 15.4 Å². The first-order valence-electron chi connectivity index (χ1n) is 5.57. The molecule has 0 aliphatic heterocycles. The maximum absolute atomic E-state index is 11.7. The van der Waals surface area contributed by atoms with Gasteiger partial charge in [-0.25, -0.2) is 9.48 Å².